The molecule has 0 unspecified atom stereocenters. The van der Waals surface area contributed by atoms with E-state index < -0.39 is 0 Å². The van der Waals surface area contributed by atoms with E-state index in [2.05, 4.69) is 13.8 Å². The van der Waals surface area contributed by atoms with Crippen LogP contribution in [0.3, 0.4) is 0 Å². The highest BCUT2D eigenvalue weighted by atomic mass is 16.5. The molecule has 2 rings (SSSR count). The van der Waals surface area contributed by atoms with E-state index in [1.54, 1.807) is 0 Å². The van der Waals surface area contributed by atoms with Gasteiger partial charge in [0.05, 0.1) is 0 Å². The minimum atomic E-state index is 0.279. The van der Waals surface area contributed by atoms with Crippen molar-refractivity contribution < 1.29 is 4.74 Å². The van der Waals surface area contributed by atoms with Gasteiger partial charge in [-0.05, 0) is 25.1 Å². The van der Waals surface area contributed by atoms with Gasteiger partial charge in [0.25, 0.3) is 0 Å². The van der Waals surface area contributed by atoms with Crippen LogP contribution in [0.1, 0.15) is 25.3 Å². The third-order valence-electron chi connectivity index (χ3n) is 2.54. The average Bonchev–Trinajstić information content (AvgIpc) is 2.31. The van der Waals surface area contributed by atoms with Crippen molar-refractivity contribution in [2.24, 2.45) is 0 Å². The molecule has 0 aliphatic carbocycles. The standard InChI is InChI=1S/C10H13NO/c1-6-7(2)12-10-4-3-8(11)5-9(6)10/h3-7H,11H2,1-2H3/t6-,7+/m0/s1. The van der Waals surface area contributed by atoms with Crippen molar-refractivity contribution in [3.8, 4) is 5.75 Å². The largest absolute Gasteiger partial charge is 0.490 e. The van der Waals surface area contributed by atoms with Crippen LogP contribution in [0.2, 0.25) is 0 Å². The lowest BCUT2D eigenvalue weighted by Gasteiger charge is -2.07. The number of anilines is 1. The summed E-state index contributed by atoms with van der Waals surface area (Å²) in [5.41, 5.74) is 7.74. The summed E-state index contributed by atoms with van der Waals surface area (Å²) in [4.78, 5) is 0. The summed E-state index contributed by atoms with van der Waals surface area (Å²) < 4.78 is 5.62. The first-order valence-electron chi connectivity index (χ1n) is 4.24. The van der Waals surface area contributed by atoms with Crippen LogP contribution in [-0.4, -0.2) is 6.10 Å². The number of ether oxygens (including phenoxy) is 1. The summed E-state index contributed by atoms with van der Waals surface area (Å²) in [5.74, 6) is 1.45. The summed E-state index contributed by atoms with van der Waals surface area (Å²) in [6.45, 7) is 4.25. The molecule has 0 radical (unpaired) electrons. The quantitative estimate of drug-likeness (QED) is 0.595. The minimum Gasteiger partial charge on any atom is -0.490 e. The van der Waals surface area contributed by atoms with Gasteiger partial charge in [0, 0.05) is 17.2 Å². The van der Waals surface area contributed by atoms with Crippen LogP contribution in [0.25, 0.3) is 0 Å². The highest BCUT2D eigenvalue weighted by molar-refractivity contribution is 5.51. The lowest BCUT2D eigenvalue weighted by Crippen LogP contribution is -2.10. The Balaban J connectivity index is 2.48. The minimum absolute atomic E-state index is 0.279. The molecule has 0 saturated carbocycles. The van der Waals surface area contributed by atoms with Crippen LogP contribution in [0.4, 0.5) is 5.69 Å². The molecule has 1 aromatic rings. The maximum atomic E-state index is 5.68. The Morgan fingerprint density at radius 2 is 2.08 bits per heavy atom. The molecule has 2 heteroatoms. The van der Waals surface area contributed by atoms with Gasteiger partial charge in [0.1, 0.15) is 11.9 Å². The van der Waals surface area contributed by atoms with Gasteiger partial charge in [0.15, 0.2) is 0 Å². The van der Waals surface area contributed by atoms with Crippen molar-refractivity contribution in [2.75, 3.05) is 5.73 Å². The average molecular weight is 163 g/mol. The van der Waals surface area contributed by atoms with E-state index in [9.17, 15) is 0 Å². The van der Waals surface area contributed by atoms with E-state index in [-0.39, 0.29) is 6.10 Å². The Kier molecular flexibility index (Phi) is 1.50. The van der Waals surface area contributed by atoms with E-state index in [4.69, 9.17) is 10.5 Å². The van der Waals surface area contributed by atoms with Crippen molar-refractivity contribution in [1.29, 1.82) is 0 Å². The fraction of sp³-hybridized carbons (Fsp3) is 0.400. The first-order valence-corrected chi connectivity index (χ1v) is 4.24. The summed E-state index contributed by atoms with van der Waals surface area (Å²) in [6, 6.07) is 5.83. The molecule has 64 valence electrons. The highest BCUT2D eigenvalue weighted by Crippen LogP contribution is 2.38. The number of rotatable bonds is 0. The molecule has 1 heterocycles. The fourth-order valence-electron chi connectivity index (χ4n) is 1.59. The first-order chi connectivity index (χ1) is 5.68. The summed E-state index contributed by atoms with van der Waals surface area (Å²) >= 11 is 0. The van der Waals surface area contributed by atoms with Gasteiger partial charge in [-0.1, -0.05) is 6.92 Å². The molecule has 0 aromatic heterocycles. The van der Waals surface area contributed by atoms with Gasteiger partial charge in [-0.2, -0.15) is 0 Å². The molecule has 0 fully saturated rings. The molecule has 0 bridgehead atoms. The predicted molar refractivity (Wildman–Crippen MR) is 49.4 cm³/mol. The van der Waals surface area contributed by atoms with Crippen molar-refractivity contribution >= 4 is 5.69 Å². The third kappa shape index (κ3) is 0.951. The normalized spacial score (nSPS) is 26.5. The second kappa shape index (κ2) is 2.41. The number of hydrogen-bond acceptors (Lipinski definition) is 2. The number of benzene rings is 1. The van der Waals surface area contributed by atoms with Gasteiger partial charge >= 0.3 is 0 Å². The van der Waals surface area contributed by atoms with Gasteiger partial charge in [-0.15, -0.1) is 0 Å². The second-order valence-corrected chi connectivity index (χ2v) is 3.41. The number of nitrogen functional groups attached to an aromatic ring is 1. The third-order valence-corrected chi connectivity index (χ3v) is 2.54. The van der Waals surface area contributed by atoms with Gasteiger partial charge < -0.3 is 10.5 Å². The topological polar surface area (TPSA) is 35.2 Å². The van der Waals surface area contributed by atoms with Crippen molar-refractivity contribution in [1.82, 2.24) is 0 Å². The lowest BCUT2D eigenvalue weighted by atomic mass is 9.98. The SMILES string of the molecule is C[C@@H]1c2cc(N)ccc2O[C@@H]1C. The van der Waals surface area contributed by atoms with Crippen LogP contribution in [-0.2, 0) is 0 Å². The van der Waals surface area contributed by atoms with Gasteiger partial charge in [-0.25, -0.2) is 0 Å². The molecular formula is C10H13NO. The van der Waals surface area contributed by atoms with Crippen LogP contribution < -0.4 is 10.5 Å². The highest BCUT2D eigenvalue weighted by Gasteiger charge is 2.26. The molecule has 2 atom stereocenters. The van der Waals surface area contributed by atoms with E-state index in [1.807, 2.05) is 18.2 Å². The predicted octanol–water partition coefficient (Wildman–Crippen LogP) is 2.15. The molecule has 1 aromatic carbocycles. The van der Waals surface area contributed by atoms with Crippen molar-refractivity contribution in [3.05, 3.63) is 23.8 Å². The summed E-state index contributed by atoms with van der Waals surface area (Å²) in [7, 11) is 0. The molecule has 0 saturated heterocycles. The Morgan fingerprint density at radius 1 is 1.33 bits per heavy atom. The van der Waals surface area contributed by atoms with Crippen LogP contribution in [0, 0.1) is 0 Å². The zero-order chi connectivity index (χ0) is 8.72. The van der Waals surface area contributed by atoms with Crippen molar-refractivity contribution in [3.63, 3.8) is 0 Å². The smallest absolute Gasteiger partial charge is 0.123 e. The Labute approximate surface area is 72.3 Å². The molecule has 2 nitrogen and oxygen atoms in total. The molecule has 12 heavy (non-hydrogen) atoms. The second-order valence-electron chi connectivity index (χ2n) is 3.41. The molecule has 1 aliphatic heterocycles. The Hall–Kier alpha value is -1.18. The van der Waals surface area contributed by atoms with Gasteiger partial charge in [0.2, 0.25) is 0 Å². The van der Waals surface area contributed by atoms with E-state index in [1.165, 1.54) is 5.56 Å². The molecule has 2 N–H and O–H groups in total. The molecule has 0 spiro atoms. The summed E-state index contributed by atoms with van der Waals surface area (Å²) in [6.07, 6.45) is 0.279. The summed E-state index contributed by atoms with van der Waals surface area (Å²) in [5, 5.41) is 0. The zero-order valence-corrected chi connectivity index (χ0v) is 7.37. The first kappa shape index (κ1) is 7.47. The van der Waals surface area contributed by atoms with Crippen LogP contribution >= 0.6 is 0 Å². The van der Waals surface area contributed by atoms with Gasteiger partial charge in [-0.3, -0.25) is 0 Å². The number of fused-ring (bicyclic) bond motifs is 1. The maximum absolute atomic E-state index is 5.68. The van der Waals surface area contributed by atoms with E-state index >= 15 is 0 Å². The van der Waals surface area contributed by atoms with Crippen molar-refractivity contribution in [2.45, 2.75) is 25.9 Å². The molecule has 1 aliphatic rings. The lowest BCUT2D eigenvalue weighted by molar-refractivity contribution is 0.232. The van der Waals surface area contributed by atoms with E-state index in [0.717, 1.165) is 11.4 Å². The Bertz CT molecular complexity index is 309. The monoisotopic (exact) mass is 163 g/mol. The number of nitrogens with two attached hydrogens (primary N) is 1. The fourth-order valence-corrected chi connectivity index (χ4v) is 1.59. The molecule has 0 amide bonds. The molecular weight excluding hydrogens is 150 g/mol. The van der Waals surface area contributed by atoms with Crippen LogP contribution in [0.15, 0.2) is 18.2 Å². The van der Waals surface area contributed by atoms with Crippen LogP contribution in [0.5, 0.6) is 5.75 Å². The Morgan fingerprint density at radius 3 is 2.83 bits per heavy atom. The number of hydrogen-bond donors (Lipinski definition) is 1. The maximum Gasteiger partial charge on any atom is 0.123 e. The van der Waals surface area contributed by atoms with E-state index in [0.29, 0.717) is 5.92 Å². The zero-order valence-electron chi connectivity index (χ0n) is 7.37.